The van der Waals surface area contributed by atoms with Gasteiger partial charge in [0.25, 0.3) is 0 Å². The molecule has 0 aliphatic heterocycles. The zero-order chi connectivity index (χ0) is 57.1. The van der Waals surface area contributed by atoms with Crippen molar-refractivity contribution in [3.63, 3.8) is 0 Å². The maximum absolute atomic E-state index is 12.9. The fourth-order valence-electron chi connectivity index (χ4n) is 7.81. The molecule has 0 amide bonds. The lowest BCUT2D eigenvalue weighted by molar-refractivity contribution is -0.167. The molecule has 0 heterocycles. The minimum absolute atomic E-state index is 0.118. The SMILES string of the molecule is CC/C=C\C/C=C\C/C=C\C/C=C\C/C=C\C/C=C\C/C=C\CCCCCC(=O)OCC(COC(=O)CCCCC/C=C\C/C=C\C/C=C\CC)OC(=O)CCCCCCCCC/C=C\C/C=C\C/C=C\C/C=C\C/C=C\CC. The Morgan fingerprint density at radius 3 is 0.722 bits per heavy atom. The standard InChI is InChI=1S/C73H112O6/c1-4-7-10-13-16-19-22-25-27-29-31-33-35-36-38-39-41-43-45-48-51-54-57-60-63-66-72(75)78-69-70(68-77-71(74)65-62-59-56-53-50-47-24-21-18-15-12-9-6-3)79-73(76)67-64-61-58-55-52-49-46-44-42-40-37-34-32-30-28-26-23-20-17-14-11-8-5-2/h7-12,16-21,25-28,31-34,36,38,40-43,47-48,50-51,70H,4-6,13-15,22-24,29-30,35,37,39,44-46,49,52-69H2,1-3H3/b10-7-,11-8-,12-9-,19-16-,20-17-,21-18-,27-25-,28-26-,33-31-,34-32-,38-36-,42-40-,43-41-,50-47-,51-48-. The van der Waals surface area contributed by atoms with Gasteiger partial charge in [0.1, 0.15) is 13.2 Å². The van der Waals surface area contributed by atoms with Gasteiger partial charge in [-0.1, -0.05) is 248 Å². The van der Waals surface area contributed by atoms with E-state index in [1.807, 2.05) is 0 Å². The number of esters is 3. The van der Waals surface area contributed by atoms with Crippen LogP contribution in [-0.2, 0) is 28.6 Å². The van der Waals surface area contributed by atoms with E-state index in [1.165, 1.54) is 19.3 Å². The van der Waals surface area contributed by atoms with Gasteiger partial charge in [-0.3, -0.25) is 14.4 Å². The van der Waals surface area contributed by atoms with Crippen LogP contribution >= 0.6 is 0 Å². The lowest BCUT2D eigenvalue weighted by Gasteiger charge is -2.18. The molecule has 0 aliphatic carbocycles. The van der Waals surface area contributed by atoms with Crippen LogP contribution in [0.4, 0.5) is 0 Å². The minimum Gasteiger partial charge on any atom is -0.462 e. The summed E-state index contributed by atoms with van der Waals surface area (Å²) in [6.45, 7) is 6.22. The van der Waals surface area contributed by atoms with E-state index in [2.05, 4.69) is 203 Å². The summed E-state index contributed by atoms with van der Waals surface area (Å²) in [7, 11) is 0. The predicted octanol–water partition coefficient (Wildman–Crippen LogP) is 21.7. The molecule has 1 atom stereocenters. The van der Waals surface area contributed by atoms with Gasteiger partial charge in [-0.05, 0) is 154 Å². The van der Waals surface area contributed by atoms with Crippen molar-refractivity contribution < 1.29 is 28.6 Å². The van der Waals surface area contributed by atoms with Gasteiger partial charge in [0.15, 0.2) is 6.10 Å². The molecule has 0 saturated carbocycles. The average Bonchev–Trinajstić information content (AvgIpc) is 3.45. The molecule has 0 aromatic carbocycles. The van der Waals surface area contributed by atoms with Crippen molar-refractivity contribution in [1.29, 1.82) is 0 Å². The molecule has 0 rings (SSSR count). The quantitative estimate of drug-likeness (QED) is 0.0261. The molecule has 0 radical (unpaired) electrons. The molecule has 6 heteroatoms. The fourth-order valence-corrected chi connectivity index (χ4v) is 7.81. The van der Waals surface area contributed by atoms with Crippen LogP contribution in [0.3, 0.4) is 0 Å². The maximum atomic E-state index is 12.9. The molecule has 0 aliphatic rings. The highest BCUT2D eigenvalue weighted by atomic mass is 16.6. The van der Waals surface area contributed by atoms with Crippen LogP contribution in [0.25, 0.3) is 0 Å². The third-order valence-electron chi connectivity index (χ3n) is 12.4. The van der Waals surface area contributed by atoms with Crippen molar-refractivity contribution in [3.05, 3.63) is 182 Å². The molecule has 0 N–H and O–H groups in total. The molecule has 0 spiro atoms. The van der Waals surface area contributed by atoms with Crippen molar-refractivity contribution in [3.8, 4) is 0 Å². The molecule has 440 valence electrons. The van der Waals surface area contributed by atoms with E-state index in [0.717, 1.165) is 180 Å². The average molecular weight is 1090 g/mol. The van der Waals surface area contributed by atoms with E-state index in [0.29, 0.717) is 19.3 Å². The van der Waals surface area contributed by atoms with Crippen LogP contribution in [0.5, 0.6) is 0 Å². The number of ether oxygens (including phenoxy) is 3. The van der Waals surface area contributed by atoms with E-state index < -0.39 is 6.10 Å². The largest absolute Gasteiger partial charge is 0.462 e. The first-order valence-corrected chi connectivity index (χ1v) is 31.3. The van der Waals surface area contributed by atoms with Gasteiger partial charge < -0.3 is 14.2 Å². The molecular formula is C73H112O6. The van der Waals surface area contributed by atoms with Crippen molar-refractivity contribution in [2.75, 3.05) is 13.2 Å². The lowest BCUT2D eigenvalue weighted by atomic mass is 10.1. The van der Waals surface area contributed by atoms with E-state index in [1.54, 1.807) is 0 Å². The second-order valence-electron chi connectivity index (χ2n) is 19.8. The second kappa shape index (κ2) is 65.0. The van der Waals surface area contributed by atoms with Gasteiger partial charge in [-0.2, -0.15) is 0 Å². The molecule has 0 aromatic heterocycles. The Hall–Kier alpha value is -5.49. The van der Waals surface area contributed by atoms with Crippen LogP contribution in [-0.4, -0.2) is 37.2 Å². The number of carbonyl (C=O) groups is 3. The van der Waals surface area contributed by atoms with Crippen LogP contribution in [0.1, 0.15) is 239 Å². The molecule has 0 aromatic rings. The molecule has 6 nitrogen and oxygen atoms in total. The Bertz CT molecular complexity index is 1870. The number of allylic oxidation sites excluding steroid dienone is 30. The number of rotatable bonds is 54. The van der Waals surface area contributed by atoms with Crippen molar-refractivity contribution in [2.24, 2.45) is 0 Å². The third kappa shape index (κ3) is 63.2. The zero-order valence-electron chi connectivity index (χ0n) is 50.3. The Morgan fingerprint density at radius 1 is 0.253 bits per heavy atom. The molecule has 79 heavy (non-hydrogen) atoms. The van der Waals surface area contributed by atoms with Crippen molar-refractivity contribution >= 4 is 17.9 Å². The summed E-state index contributed by atoms with van der Waals surface area (Å²) in [5.74, 6) is -0.998. The highest BCUT2D eigenvalue weighted by molar-refractivity contribution is 5.71. The first-order chi connectivity index (χ1) is 39.0. The van der Waals surface area contributed by atoms with E-state index >= 15 is 0 Å². The summed E-state index contributed by atoms with van der Waals surface area (Å²) in [5.41, 5.74) is 0. The first-order valence-electron chi connectivity index (χ1n) is 31.3. The zero-order valence-corrected chi connectivity index (χ0v) is 50.3. The van der Waals surface area contributed by atoms with Crippen LogP contribution in [0.15, 0.2) is 182 Å². The van der Waals surface area contributed by atoms with E-state index in [-0.39, 0.29) is 31.1 Å². The third-order valence-corrected chi connectivity index (χ3v) is 12.4. The normalized spacial score (nSPS) is 13.4. The first kappa shape index (κ1) is 73.5. The summed E-state index contributed by atoms with van der Waals surface area (Å²) in [6, 6.07) is 0. The Kier molecular flexibility index (Phi) is 60.5. The van der Waals surface area contributed by atoms with Crippen LogP contribution < -0.4 is 0 Å². The predicted molar refractivity (Wildman–Crippen MR) is 343 cm³/mol. The maximum Gasteiger partial charge on any atom is 0.306 e. The monoisotopic (exact) mass is 1080 g/mol. The number of carbonyl (C=O) groups excluding carboxylic acids is 3. The van der Waals surface area contributed by atoms with Gasteiger partial charge in [0.05, 0.1) is 0 Å². The van der Waals surface area contributed by atoms with Gasteiger partial charge in [-0.25, -0.2) is 0 Å². The Labute approximate surface area is 484 Å². The summed E-state index contributed by atoms with van der Waals surface area (Å²) in [5, 5.41) is 0. The minimum atomic E-state index is -0.823. The molecule has 0 bridgehead atoms. The van der Waals surface area contributed by atoms with Crippen LogP contribution in [0, 0.1) is 0 Å². The van der Waals surface area contributed by atoms with Gasteiger partial charge >= 0.3 is 17.9 Å². The summed E-state index contributed by atoms with van der Waals surface area (Å²) in [6.07, 6.45) is 97.5. The Balaban J connectivity index is 4.50. The highest BCUT2D eigenvalue weighted by Gasteiger charge is 2.19. The van der Waals surface area contributed by atoms with Crippen molar-refractivity contribution in [1.82, 2.24) is 0 Å². The molecule has 1 unspecified atom stereocenters. The number of unbranched alkanes of at least 4 members (excludes halogenated alkanes) is 13. The van der Waals surface area contributed by atoms with Crippen molar-refractivity contribution in [2.45, 2.75) is 245 Å². The van der Waals surface area contributed by atoms with Gasteiger partial charge in [-0.15, -0.1) is 0 Å². The molecule has 0 fully saturated rings. The smallest absolute Gasteiger partial charge is 0.306 e. The fraction of sp³-hybridized carbons (Fsp3) is 0.548. The summed E-state index contributed by atoms with van der Waals surface area (Å²) in [4.78, 5) is 38.3. The second-order valence-corrected chi connectivity index (χ2v) is 19.8. The molecule has 0 saturated heterocycles. The highest BCUT2D eigenvalue weighted by Crippen LogP contribution is 2.13. The Morgan fingerprint density at radius 2 is 0.456 bits per heavy atom. The van der Waals surface area contributed by atoms with Gasteiger partial charge in [0, 0.05) is 19.3 Å². The lowest BCUT2D eigenvalue weighted by Crippen LogP contribution is -2.30. The van der Waals surface area contributed by atoms with Gasteiger partial charge in [0.2, 0.25) is 0 Å². The number of hydrogen-bond donors (Lipinski definition) is 0. The van der Waals surface area contributed by atoms with Crippen LogP contribution in [0.2, 0.25) is 0 Å². The van der Waals surface area contributed by atoms with E-state index in [9.17, 15) is 14.4 Å². The topological polar surface area (TPSA) is 78.9 Å². The number of hydrogen-bond acceptors (Lipinski definition) is 6. The van der Waals surface area contributed by atoms with E-state index in [4.69, 9.17) is 14.2 Å². The molecular weight excluding hydrogens is 973 g/mol. The summed E-state index contributed by atoms with van der Waals surface area (Å²) >= 11 is 0. The summed E-state index contributed by atoms with van der Waals surface area (Å²) < 4.78 is 16.8.